The minimum Gasteiger partial charge on any atom is -0.484 e. The summed E-state index contributed by atoms with van der Waals surface area (Å²) in [7, 11) is 1.32. The highest BCUT2D eigenvalue weighted by Crippen LogP contribution is 2.37. The lowest BCUT2D eigenvalue weighted by atomic mass is 10.0. The van der Waals surface area contributed by atoms with Crippen LogP contribution in [0.25, 0.3) is 0 Å². The molecule has 0 unspecified atom stereocenters. The number of esters is 1. The molecule has 0 spiro atoms. The van der Waals surface area contributed by atoms with E-state index in [-0.39, 0.29) is 30.2 Å². The molecule has 0 radical (unpaired) electrons. The fourth-order valence-corrected chi connectivity index (χ4v) is 2.64. The molecule has 0 N–H and O–H groups in total. The van der Waals surface area contributed by atoms with Crippen LogP contribution in [0.15, 0.2) is 18.2 Å². The van der Waals surface area contributed by atoms with E-state index in [0.717, 1.165) is 24.5 Å². The number of nitrogens with zero attached hydrogens (tertiary/aromatic N) is 1. The molecule has 0 atom stereocenters. The second-order valence-electron chi connectivity index (χ2n) is 6.06. The van der Waals surface area contributed by atoms with Crippen LogP contribution in [0.2, 0.25) is 0 Å². The van der Waals surface area contributed by atoms with E-state index in [4.69, 9.17) is 4.74 Å². The zero-order chi connectivity index (χ0) is 16.3. The second-order valence-corrected chi connectivity index (χ2v) is 6.06. The van der Waals surface area contributed by atoms with Gasteiger partial charge >= 0.3 is 5.97 Å². The maximum atomic E-state index is 12.2. The Morgan fingerprint density at radius 3 is 2.68 bits per heavy atom. The normalized spacial score (nSPS) is 15.7. The predicted octanol–water partition coefficient (Wildman–Crippen LogP) is 2.82. The van der Waals surface area contributed by atoms with E-state index in [1.165, 1.54) is 7.11 Å². The van der Waals surface area contributed by atoms with Gasteiger partial charge in [-0.2, -0.15) is 0 Å². The predicted molar refractivity (Wildman–Crippen MR) is 84.6 cm³/mol. The number of fused-ring (bicyclic) bond motifs is 1. The molecule has 0 saturated carbocycles. The van der Waals surface area contributed by atoms with E-state index in [2.05, 4.69) is 16.6 Å². The number of likely N-dealkylation sites (N-methyl/N-ethyl adjacent to an activating group) is 1. The van der Waals surface area contributed by atoms with E-state index in [1.807, 2.05) is 26.0 Å². The van der Waals surface area contributed by atoms with E-state index in [1.54, 1.807) is 6.07 Å². The molecule has 5 nitrogen and oxygen atoms in total. The van der Waals surface area contributed by atoms with Crippen molar-refractivity contribution >= 4 is 17.4 Å². The maximum absolute atomic E-state index is 12.2. The highest BCUT2D eigenvalue weighted by atomic mass is 16.5. The molecule has 0 saturated heterocycles. The molecule has 0 aromatic heterocycles. The molecule has 1 heterocycles. The first-order valence-electron chi connectivity index (χ1n) is 7.54. The topological polar surface area (TPSA) is 55.8 Å². The lowest BCUT2D eigenvalue weighted by Crippen LogP contribution is -2.46. The van der Waals surface area contributed by atoms with Crippen molar-refractivity contribution in [2.45, 2.75) is 39.2 Å². The summed E-state index contributed by atoms with van der Waals surface area (Å²) in [5.41, 5.74) is 1.29. The zero-order valence-corrected chi connectivity index (χ0v) is 13.6. The maximum Gasteiger partial charge on any atom is 0.305 e. The summed E-state index contributed by atoms with van der Waals surface area (Å²) in [6, 6.07) is 5.45. The van der Waals surface area contributed by atoms with Crippen molar-refractivity contribution in [2.24, 2.45) is 0 Å². The van der Waals surface area contributed by atoms with Crippen molar-refractivity contribution in [3.8, 4) is 5.75 Å². The van der Waals surface area contributed by atoms with Crippen LogP contribution in [0.4, 0.5) is 5.69 Å². The molecule has 2 rings (SSSR count). The van der Waals surface area contributed by atoms with Gasteiger partial charge < -0.3 is 14.4 Å². The van der Waals surface area contributed by atoms with Crippen molar-refractivity contribution in [3.63, 3.8) is 0 Å². The summed E-state index contributed by atoms with van der Waals surface area (Å²) in [6.45, 7) is 7.80. The van der Waals surface area contributed by atoms with Crippen LogP contribution in [0.3, 0.4) is 0 Å². The molecular weight excluding hydrogens is 282 g/mol. The average Bonchev–Trinajstić information content (AvgIpc) is 2.50. The number of Topliss-reactive ketones (excluding diaryl/α,β-unsaturated/α-hetero) is 1. The van der Waals surface area contributed by atoms with Crippen LogP contribution in [0.1, 0.15) is 44.0 Å². The smallest absolute Gasteiger partial charge is 0.305 e. The third kappa shape index (κ3) is 3.59. The Morgan fingerprint density at radius 1 is 1.32 bits per heavy atom. The molecule has 22 heavy (non-hydrogen) atoms. The average molecular weight is 305 g/mol. The van der Waals surface area contributed by atoms with Gasteiger partial charge in [-0.1, -0.05) is 0 Å². The lowest BCUT2D eigenvalue weighted by molar-refractivity contribution is -0.140. The molecule has 0 bridgehead atoms. The summed E-state index contributed by atoms with van der Waals surface area (Å²) in [5, 5.41) is 0. The number of carbonyl (C=O) groups is 2. The van der Waals surface area contributed by atoms with Crippen LogP contribution < -0.4 is 9.64 Å². The van der Waals surface area contributed by atoms with Crippen molar-refractivity contribution < 1.29 is 19.1 Å². The Hall–Kier alpha value is -2.04. The number of benzene rings is 1. The zero-order valence-electron chi connectivity index (χ0n) is 13.6. The van der Waals surface area contributed by atoms with Gasteiger partial charge in [0.2, 0.25) is 0 Å². The standard InChI is InChI=1S/C17H23NO4/c1-5-18-11-17(2,3)22-15-8-6-12(10-13(15)18)14(19)7-9-16(20)21-4/h6,8,10H,5,7,9,11H2,1-4H3. The Bertz CT molecular complexity index is 580. The van der Waals surface area contributed by atoms with Gasteiger partial charge in [0.05, 0.1) is 25.8 Å². The van der Waals surface area contributed by atoms with Gasteiger partial charge in [-0.15, -0.1) is 0 Å². The van der Waals surface area contributed by atoms with Gasteiger partial charge in [0, 0.05) is 18.5 Å². The number of anilines is 1. The fraction of sp³-hybridized carbons (Fsp3) is 0.529. The molecular formula is C17H23NO4. The van der Waals surface area contributed by atoms with Crippen molar-refractivity contribution in [1.29, 1.82) is 0 Å². The van der Waals surface area contributed by atoms with E-state index in [9.17, 15) is 9.59 Å². The monoisotopic (exact) mass is 305 g/mol. The molecule has 5 heteroatoms. The van der Waals surface area contributed by atoms with Gasteiger partial charge in [0.25, 0.3) is 0 Å². The Morgan fingerprint density at radius 2 is 2.05 bits per heavy atom. The Kier molecular flexibility index (Phi) is 4.74. The molecule has 120 valence electrons. The van der Waals surface area contributed by atoms with Crippen LogP contribution in [-0.2, 0) is 9.53 Å². The van der Waals surface area contributed by atoms with Crippen LogP contribution in [0.5, 0.6) is 5.75 Å². The molecule has 1 aromatic carbocycles. The van der Waals surface area contributed by atoms with Gasteiger partial charge in [-0.25, -0.2) is 0 Å². The highest BCUT2D eigenvalue weighted by Gasteiger charge is 2.31. The first-order valence-corrected chi connectivity index (χ1v) is 7.54. The number of hydrogen-bond acceptors (Lipinski definition) is 5. The highest BCUT2D eigenvalue weighted by molar-refractivity contribution is 5.98. The first kappa shape index (κ1) is 16.3. The number of hydrogen-bond donors (Lipinski definition) is 0. The fourth-order valence-electron chi connectivity index (χ4n) is 2.64. The Balaban J connectivity index is 2.20. The summed E-state index contributed by atoms with van der Waals surface area (Å²) < 4.78 is 10.5. The van der Waals surface area contributed by atoms with Crippen LogP contribution in [0, 0.1) is 0 Å². The number of methoxy groups -OCH3 is 1. The van der Waals surface area contributed by atoms with Crippen molar-refractivity contribution in [3.05, 3.63) is 23.8 Å². The number of ketones is 1. The number of carbonyl (C=O) groups excluding carboxylic acids is 2. The SMILES string of the molecule is CCN1CC(C)(C)Oc2ccc(C(=O)CCC(=O)OC)cc21. The first-order chi connectivity index (χ1) is 10.4. The largest absolute Gasteiger partial charge is 0.484 e. The summed E-state index contributed by atoms with van der Waals surface area (Å²) in [5.74, 6) is 0.364. The molecule has 1 aliphatic rings. The van der Waals surface area contributed by atoms with Gasteiger partial charge in [0.15, 0.2) is 5.78 Å². The Labute approximate surface area is 131 Å². The number of ether oxygens (including phenoxy) is 2. The van der Waals surface area contributed by atoms with Gasteiger partial charge in [0.1, 0.15) is 11.4 Å². The molecule has 0 fully saturated rings. The molecule has 1 aromatic rings. The van der Waals surface area contributed by atoms with E-state index >= 15 is 0 Å². The van der Waals surface area contributed by atoms with Crippen LogP contribution >= 0.6 is 0 Å². The van der Waals surface area contributed by atoms with Crippen LogP contribution in [-0.4, -0.2) is 37.6 Å². The third-order valence-corrected chi connectivity index (χ3v) is 3.75. The van der Waals surface area contributed by atoms with Gasteiger partial charge in [-0.05, 0) is 39.0 Å². The second kappa shape index (κ2) is 6.38. The lowest BCUT2D eigenvalue weighted by Gasteiger charge is -2.40. The minimum absolute atomic E-state index is 0.0610. The molecule has 1 aliphatic heterocycles. The summed E-state index contributed by atoms with van der Waals surface area (Å²) >= 11 is 0. The van der Waals surface area contributed by atoms with Crippen molar-refractivity contribution in [2.75, 3.05) is 25.1 Å². The van der Waals surface area contributed by atoms with Crippen molar-refractivity contribution in [1.82, 2.24) is 0 Å². The third-order valence-electron chi connectivity index (χ3n) is 3.75. The minimum atomic E-state index is -0.369. The van der Waals surface area contributed by atoms with Gasteiger partial charge in [-0.3, -0.25) is 9.59 Å². The molecule has 0 amide bonds. The summed E-state index contributed by atoms with van der Waals surface area (Å²) in [4.78, 5) is 25.6. The summed E-state index contributed by atoms with van der Waals surface area (Å²) in [6.07, 6.45) is 0.261. The molecule has 0 aliphatic carbocycles. The van der Waals surface area contributed by atoms with E-state index < -0.39 is 0 Å². The number of rotatable bonds is 5. The van der Waals surface area contributed by atoms with E-state index in [0.29, 0.717) is 5.56 Å². The quantitative estimate of drug-likeness (QED) is 0.618.